The van der Waals surface area contributed by atoms with E-state index in [1.807, 2.05) is 0 Å². The van der Waals surface area contributed by atoms with Gasteiger partial charge < -0.3 is 15.1 Å². The first-order valence-corrected chi connectivity index (χ1v) is 8.20. The number of carbonyl (C=O) groups is 3. The molecule has 1 aromatic rings. The Labute approximate surface area is 145 Å². The Bertz CT molecular complexity index is 718. The van der Waals surface area contributed by atoms with E-state index < -0.39 is 17.7 Å². The highest BCUT2D eigenvalue weighted by Crippen LogP contribution is 2.27. The molecular formula is C17H21N3O5. The van der Waals surface area contributed by atoms with Gasteiger partial charge in [-0.1, -0.05) is 12.1 Å². The summed E-state index contributed by atoms with van der Waals surface area (Å²) in [4.78, 5) is 39.1. The Morgan fingerprint density at radius 2 is 2.00 bits per heavy atom. The van der Waals surface area contributed by atoms with Crippen LogP contribution in [0.3, 0.4) is 0 Å². The zero-order valence-corrected chi connectivity index (χ0v) is 13.9. The average Bonchev–Trinajstić information content (AvgIpc) is 2.57. The SMILES string of the molecule is C[C@@]1(O)CCN(C(=O)c2ccccc2N2CCC(=O)NC2=O)C[C@@H]1O. The number of hydrogen-bond donors (Lipinski definition) is 3. The Hall–Kier alpha value is -2.45. The van der Waals surface area contributed by atoms with Crippen molar-refractivity contribution in [2.75, 3.05) is 24.5 Å². The topological polar surface area (TPSA) is 110 Å². The molecule has 134 valence electrons. The van der Waals surface area contributed by atoms with Crippen LogP contribution in [0.2, 0.25) is 0 Å². The zero-order valence-electron chi connectivity index (χ0n) is 13.9. The Morgan fingerprint density at radius 1 is 1.28 bits per heavy atom. The molecule has 25 heavy (non-hydrogen) atoms. The molecular weight excluding hydrogens is 326 g/mol. The lowest BCUT2D eigenvalue weighted by Crippen LogP contribution is -2.55. The number of nitrogens with zero attached hydrogens (tertiary/aromatic N) is 2. The van der Waals surface area contributed by atoms with Crippen LogP contribution in [-0.2, 0) is 4.79 Å². The molecule has 2 saturated heterocycles. The fourth-order valence-corrected chi connectivity index (χ4v) is 3.06. The van der Waals surface area contributed by atoms with Crippen LogP contribution in [0.5, 0.6) is 0 Å². The van der Waals surface area contributed by atoms with Crippen LogP contribution in [0.4, 0.5) is 10.5 Å². The summed E-state index contributed by atoms with van der Waals surface area (Å²) in [6.45, 7) is 2.07. The van der Waals surface area contributed by atoms with Crippen molar-refractivity contribution in [2.24, 2.45) is 0 Å². The molecule has 0 unspecified atom stereocenters. The number of aliphatic hydroxyl groups excluding tert-OH is 1. The number of anilines is 1. The molecule has 0 saturated carbocycles. The molecule has 0 bridgehead atoms. The Kier molecular flexibility index (Phi) is 4.49. The Morgan fingerprint density at radius 3 is 2.68 bits per heavy atom. The minimum Gasteiger partial charge on any atom is -0.388 e. The monoisotopic (exact) mass is 347 g/mol. The fourth-order valence-electron chi connectivity index (χ4n) is 3.06. The van der Waals surface area contributed by atoms with E-state index in [4.69, 9.17) is 0 Å². The van der Waals surface area contributed by atoms with Gasteiger partial charge in [0.1, 0.15) is 0 Å². The smallest absolute Gasteiger partial charge is 0.328 e. The second kappa shape index (κ2) is 6.45. The third kappa shape index (κ3) is 3.35. The highest BCUT2D eigenvalue weighted by Gasteiger charge is 2.39. The van der Waals surface area contributed by atoms with Crippen molar-refractivity contribution in [2.45, 2.75) is 31.5 Å². The lowest BCUT2D eigenvalue weighted by atomic mass is 9.90. The number of amides is 4. The number of imide groups is 1. The largest absolute Gasteiger partial charge is 0.388 e. The van der Waals surface area contributed by atoms with Crippen molar-refractivity contribution in [3.8, 4) is 0 Å². The van der Waals surface area contributed by atoms with Crippen molar-refractivity contribution in [3.63, 3.8) is 0 Å². The first kappa shape index (κ1) is 17.4. The van der Waals surface area contributed by atoms with Crippen LogP contribution in [0.1, 0.15) is 30.1 Å². The number of benzene rings is 1. The molecule has 2 atom stereocenters. The molecule has 0 aliphatic carbocycles. The maximum Gasteiger partial charge on any atom is 0.328 e. The van der Waals surface area contributed by atoms with E-state index in [9.17, 15) is 24.6 Å². The molecule has 0 spiro atoms. The van der Waals surface area contributed by atoms with Gasteiger partial charge in [-0.3, -0.25) is 19.8 Å². The van der Waals surface area contributed by atoms with Crippen molar-refractivity contribution < 1.29 is 24.6 Å². The molecule has 1 aromatic carbocycles. The van der Waals surface area contributed by atoms with Gasteiger partial charge in [0, 0.05) is 26.1 Å². The summed E-state index contributed by atoms with van der Waals surface area (Å²) in [5.74, 6) is -0.665. The number of para-hydroxylation sites is 1. The summed E-state index contributed by atoms with van der Waals surface area (Å²) in [5, 5.41) is 22.3. The standard InChI is InChI=1S/C17H21N3O5/c1-17(25)7-9-19(10-13(17)21)15(23)11-4-2-3-5-12(11)20-8-6-14(22)18-16(20)24/h2-5,13,21,25H,6-10H2,1H3,(H,18,22,24)/t13-,17+/m0/s1. The molecule has 0 aromatic heterocycles. The van der Waals surface area contributed by atoms with Crippen LogP contribution < -0.4 is 10.2 Å². The quantitative estimate of drug-likeness (QED) is 0.702. The first-order valence-electron chi connectivity index (χ1n) is 8.20. The van der Waals surface area contributed by atoms with E-state index in [0.29, 0.717) is 17.8 Å². The summed E-state index contributed by atoms with van der Waals surface area (Å²) in [7, 11) is 0. The fraction of sp³-hybridized carbons (Fsp3) is 0.471. The van der Waals surface area contributed by atoms with E-state index >= 15 is 0 Å². The molecule has 8 nitrogen and oxygen atoms in total. The van der Waals surface area contributed by atoms with Gasteiger partial charge in [0.2, 0.25) is 5.91 Å². The number of rotatable bonds is 2. The number of carbonyl (C=O) groups excluding carboxylic acids is 3. The van der Waals surface area contributed by atoms with Crippen molar-refractivity contribution in [1.29, 1.82) is 0 Å². The molecule has 3 rings (SSSR count). The summed E-state index contributed by atoms with van der Waals surface area (Å²) in [6.07, 6.45) is -0.603. The first-order chi connectivity index (χ1) is 11.8. The molecule has 4 amide bonds. The average molecular weight is 347 g/mol. The minimum absolute atomic E-state index is 0.0187. The summed E-state index contributed by atoms with van der Waals surface area (Å²) < 4.78 is 0. The van der Waals surface area contributed by atoms with Crippen LogP contribution >= 0.6 is 0 Å². The minimum atomic E-state index is -1.22. The normalized spacial score (nSPS) is 27.2. The number of piperidine rings is 1. The Balaban J connectivity index is 1.85. The van der Waals surface area contributed by atoms with Crippen molar-refractivity contribution >= 4 is 23.5 Å². The maximum absolute atomic E-state index is 12.9. The molecule has 2 aliphatic heterocycles. The van der Waals surface area contributed by atoms with Gasteiger partial charge in [-0.05, 0) is 25.5 Å². The van der Waals surface area contributed by atoms with Crippen molar-refractivity contribution in [1.82, 2.24) is 10.2 Å². The van der Waals surface area contributed by atoms with E-state index in [2.05, 4.69) is 5.32 Å². The highest BCUT2D eigenvalue weighted by atomic mass is 16.3. The van der Waals surface area contributed by atoms with Gasteiger partial charge >= 0.3 is 6.03 Å². The van der Waals surface area contributed by atoms with Crippen LogP contribution in [0, 0.1) is 0 Å². The van der Waals surface area contributed by atoms with Gasteiger partial charge in [0.25, 0.3) is 5.91 Å². The number of nitrogens with one attached hydrogen (secondary N) is 1. The summed E-state index contributed by atoms with van der Waals surface area (Å²) in [5.41, 5.74) is -0.478. The van der Waals surface area contributed by atoms with Crippen molar-refractivity contribution in [3.05, 3.63) is 29.8 Å². The van der Waals surface area contributed by atoms with Crippen LogP contribution in [0.15, 0.2) is 24.3 Å². The second-order valence-corrected chi connectivity index (χ2v) is 6.65. The second-order valence-electron chi connectivity index (χ2n) is 6.65. The third-order valence-electron chi connectivity index (χ3n) is 4.77. The molecule has 3 N–H and O–H groups in total. The molecule has 8 heteroatoms. The van der Waals surface area contributed by atoms with E-state index in [0.717, 1.165) is 0 Å². The third-order valence-corrected chi connectivity index (χ3v) is 4.77. The molecule has 2 aliphatic rings. The van der Waals surface area contributed by atoms with Crippen LogP contribution in [0.25, 0.3) is 0 Å². The zero-order chi connectivity index (χ0) is 18.2. The number of likely N-dealkylation sites (tertiary alicyclic amines) is 1. The van der Waals surface area contributed by atoms with Crippen LogP contribution in [-0.4, -0.2) is 64.3 Å². The predicted octanol–water partition coefficient (Wildman–Crippen LogP) is 0.0907. The van der Waals surface area contributed by atoms with Gasteiger partial charge in [-0.15, -0.1) is 0 Å². The lowest BCUT2D eigenvalue weighted by Gasteiger charge is -2.40. The molecule has 2 fully saturated rings. The van der Waals surface area contributed by atoms with Gasteiger partial charge in [-0.2, -0.15) is 0 Å². The predicted molar refractivity (Wildman–Crippen MR) is 89.1 cm³/mol. The van der Waals surface area contributed by atoms with Gasteiger partial charge in [0.05, 0.1) is 23.0 Å². The number of hydrogen-bond acceptors (Lipinski definition) is 5. The van der Waals surface area contributed by atoms with E-state index in [1.165, 1.54) is 9.80 Å². The highest BCUT2D eigenvalue weighted by molar-refractivity contribution is 6.09. The van der Waals surface area contributed by atoms with Gasteiger partial charge in [0.15, 0.2) is 0 Å². The molecule has 0 radical (unpaired) electrons. The summed E-state index contributed by atoms with van der Waals surface area (Å²) >= 11 is 0. The van der Waals surface area contributed by atoms with Gasteiger partial charge in [-0.25, -0.2) is 4.79 Å². The number of β-amino-alcohol motifs (C(OH)–C–C–N with tert-alkyl or cyclic N) is 1. The number of urea groups is 1. The van der Waals surface area contributed by atoms with E-state index in [1.54, 1.807) is 31.2 Å². The molecule has 2 heterocycles. The summed E-state index contributed by atoms with van der Waals surface area (Å²) in [6, 6.07) is 6.11. The number of aliphatic hydroxyl groups is 2. The maximum atomic E-state index is 12.9. The van der Waals surface area contributed by atoms with E-state index in [-0.39, 0.29) is 37.7 Å². The lowest BCUT2D eigenvalue weighted by molar-refractivity contribution is -0.120.